The Morgan fingerprint density at radius 1 is 1.14 bits per heavy atom. The first-order valence-corrected chi connectivity index (χ1v) is 4.88. The molecule has 2 nitrogen and oxygen atoms in total. The molecule has 2 rings (SSSR count). The largest absolute Gasteiger partial charge is 0.460 e. The maximum absolute atomic E-state index is 5.43. The molecule has 1 aromatic carbocycles. The number of epoxide rings is 1. The summed E-state index contributed by atoms with van der Waals surface area (Å²) in [4.78, 5) is 4.47. The average Bonchev–Trinajstić information content (AvgIpc) is 2.82. The van der Waals surface area contributed by atoms with Gasteiger partial charge in [0.15, 0.2) is 0 Å². The number of benzene rings is 1. The Bertz CT molecular complexity index is 348. The Balaban J connectivity index is 2.11. The lowest BCUT2D eigenvalue weighted by molar-refractivity contribution is 0.455. The van der Waals surface area contributed by atoms with Crippen molar-refractivity contribution in [3.63, 3.8) is 0 Å². The fraction of sp³-hybridized carbons (Fsp3) is 0.417. The minimum atomic E-state index is -0.0428. The maximum atomic E-state index is 5.43. The van der Waals surface area contributed by atoms with E-state index in [1.165, 1.54) is 5.56 Å². The van der Waals surface area contributed by atoms with E-state index in [2.05, 4.69) is 37.9 Å². The fourth-order valence-corrected chi connectivity index (χ4v) is 1.34. The second kappa shape index (κ2) is 3.12. The van der Waals surface area contributed by atoms with Crippen molar-refractivity contribution in [3.05, 3.63) is 35.9 Å². The molecule has 2 heteroatoms. The topological polar surface area (TPSA) is 24.9 Å². The molecule has 0 radical (unpaired) electrons. The highest BCUT2D eigenvalue weighted by Gasteiger charge is 2.37. The quantitative estimate of drug-likeness (QED) is 0.623. The van der Waals surface area contributed by atoms with Crippen LogP contribution in [0, 0.1) is 0 Å². The third-order valence-corrected chi connectivity index (χ3v) is 1.95. The lowest BCUT2D eigenvalue weighted by Crippen LogP contribution is -2.09. The summed E-state index contributed by atoms with van der Waals surface area (Å²) in [6.07, 6.45) is 0.107. The average molecular weight is 189 g/mol. The van der Waals surface area contributed by atoms with Crippen molar-refractivity contribution in [1.29, 1.82) is 0 Å². The summed E-state index contributed by atoms with van der Waals surface area (Å²) < 4.78 is 5.43. The molecule has 1 aliphatic rings. The first-order valence-electron chi connectivity index (χ1n) is 4.88. The molecule has 0 bridgehead atoms. The van der Waals surface area contributed by atoms with Crippen LogP contribution in [0.25, 0.3) is 0 Å². The summed E-state index contributed by atoms with van der Waals surface area (Å²) in [5.41, 5.74) is 1.15. The molecule has 0 N–H and O–H groups in total. The molecule has 0 saturated carbocycles. The standard InChI is InChI=1S/C12H15NO/c1-12(2,3)13-11-10(14-11)9-7-5-4-6-8-9/h4-8,10H,1-3H3. The zero-order valence-electron chi connectivity index (χ0n) is 8.82. The van der Waals surface area contributed by atoms with Crippen LogP contribution in [0.5, 0.6) is 0 Å². The van der Waals surface area contributed by atoms with Crippen LogP contribution in [0.3, 0.4) is 0 Å². The van der Waals surface area contributed by atoms with Crippen molar-refractivity contribution in [2.45, 2.75) is 32.4 Å². The van der Waals surface area contributed by atoms with E-state index in [4.69, 9.17) is 4.74 Å². The summed E-state index contributed by atoms with van der Waals surface area (Å²) in [5, 5.41) is 0. The molecule has 1 atom stereocenters. The second-order valence-corrected chi connectivity index (χ2v) is 4.53. The Kier molecular flexibility index (Phi) is 2.06. The molecule has 1 aliphatic heterocycles. The van der Waals surface area contributed by atoms with Gasteiger partial charge in [-0.3, -0.25) is 0 Å². The van der Waals surface area contributed by atoms with Crippen molar-refractivity contribution >= 4 is 5.90 Å². The third-order valence-electron chi connectivity index (χ3n) is 1.95. The van der Waals surface area contributed by atoms with Gasteiger partial charge in [0.2, 0.25) is 12.0 Å². The Morgan fingerprint density at radius 2 is 1.79 bits per heavy atom. The highest BCUT2D eigenvalue weighted by Crippen LogP contribution is 2.34. The first kappa shape index (κ1) is 9.25. The lowest BCUT2D eigenvalue weighted by Gasteiger charge is -2.08. The normalized spacial score (nSPS) is 23.4. The van der Waals surface area contributed by atoms with Gasteiger partial charge in [-0.15, -0.1) is 0 Å². The number of ether oxygens (including phenoxy) is 1. The van der Waals surface area contributed by atoms with Crippen LogP contribution < -0.4 is 0 Å². The molecule has 0 aromatic heterocycles. The molecule has 1 saturated heterocycles. The van der Waals surface area contributed by atoms with Gasteiger partial charge in [0.05, 0.1) is 5.54 Å². The predicted molar refractivity (Wildman–Crippen MR) is 57.5 cm³/mol. The van der Waals surface area contributed by atoms with Gasteiger partial charge in [0, 0.05) is 5.56 Å². The van der Waals surface area contributed by atoms with E-state index in [1.54, 1.807) is 0 Å². The molecule has 0 amide bonds. The minimum absolute atomic E-state index is 0.0428. The first-order chi connectivity index (χ1) is 6.56. The van der Waals surface area contributed by atoms with Gasteiger partial charge in [0.25, 0.3) is 0 Å². The van der Waals surface area contributed by atoms with Gasteiger partial charge in [-0.1, -0.05) is 30.3 Å². The zero-order chi connectivity index (χ0) is 10.2. The number of nitrogens with zero attached hydrogens (tertiary/aromatic N) is 1. The van der Waals surface area contributed by atoms with Crippen LogP contribution in [0.1, 0.15) is 32.4 Å². The van der Waals surface area contributed by atoms with Crippen LogP contribution in [-0.4, -0.2) is 11.4 Å². The van der Waals surface area contributed by atoms with Crippen LogP contribution in [-0.2, 0) is 4.74 Å². The molecule has 1 aromatic rings. The van der Waals surface area contributed by atoms with Crippen LogP contribution in [0.2, 0.25) is 0 Å². The van der Waals surface area contributed by atoms with Crippen molar-refractivity contribution in [3.8, 4) is 0 Å². The van der Waals surface area contributed by atoms with E-state index < -0.39 is 0 Å². The van der Waals surface area contributed by atoms with Gasteiger partial charge in [-0.05, 0) is 20.8 Å². The summed E-state index contributed by atoms with van der Waals surface area (Å²) in [7, 11) is 0. The van der Waals surface area contributed by atoms with Gasteiger partial charge in [-0.25, -0.2) is 4.99 Å². The smallest absolute Gasteiger partial charge is 0.232 e. The van der Waals surface area contributed by atoms with E-state index in [1.807, 2.05) is 18.2 Å². The highest BCUT2D eigenvalue weighted by atomic mass is 16.6. The molecule has 74 valence electrons. The van der Waals surface area contributed by atoms with E-state index in [0.29, 0.717) is 0 Å². The number of rotatable bonds is 1. The van der Waals surface area contributed by atoms with Gasteiger partial charge >= 0.3 is 0 Å². The third kappa shape index (κ3) is 2.13. The van der Waals surface area contributed by atoms with E-state index in [0.717, 1.165) is 5.90 Å². The SMILES string of the molecule is CC(C)(C)N=C1OC1c1ccccc1. The number of hydrogen-bond donors (Lipinski definition) is 0. The molecule has 0 aliphatic carbocycles. The zero-order valence-corrected chi connectivity index (χ0v) is 8.82. The van der Waals surface area contributed by atoms with E-state index >= 15 is 0 Å². The van der Waals surface area contributed by atoms with Crippen molar-refractivity contribution < 1.29 is 4.74 Å². The summed E-state index contributed by atoms with van der Waals surface area (Å²) in [6, 6.07) is 10.2. The maximum Gasteiger partial charge on any atom is 0.232 e. The Hall–Kier alpha value is -1.31. The van der Waals surface area contributed by atoms with E-state index in [9.17, 15) is 0 Å². The minimum Gasteiger partial charge on any atom is -0.460 e. The van der Waals surface area contributed by atoms with Crippen LogP contribution >= 0.6 is 0 Å². The summed E-state index contributed by atoms with van der Waals surface area (Å²) in [6.45, 7) is 6.22. The molecule has 1 heterocycles. The molecular weight excluding hydrogens is 174 g/mol. The van der Waals surface area contributed by atoms with Gasteiger partial charge < -0.3 is 4.74 Å². The second-order valence-electron chi connectivity index (χ2n) is 4.53. The van der Waals surface area contributed by atoms with E-state index in [-0.39, 0.29) is 11.6 Å². The number of aliphatic imine (C=N–C) groups is 1. The number of hydrogen-bond acceptors (Lipinski definition) is 2. The highest BCUT2D eigenvalue weighted by molar-refractivity contribution is 5.94. The van der Waals surface area contributed by atoms with Crippen LogP contribution in [0.4, 0.5) is 0 Å². The van der Waals surface area contributed by atoms with Crippen molar-refractivity contribution in [2.24, 2.45) is 4.99 Å². The summed E-state index contributed by atoms with van der Waals surface area (Å²) in [5.74, 6) is 0.865. The molecule has 1 unspecified atom stereocenters. The lowest BCUT2D eigenvalue weighted by atomic mass is 10.1. The molecule has 14 heavy (non-hydrogen) atoms. The summed E-state index contributed by atoms with van der Waals surface area (Å²) >= 11 is 0. The Labute approximate surface area is 84.6 Å². The van der Waals surface area contributed by atoms with Gasteiger partial charge in [-0.2, -0.15) is 0 Å². The fourth-order valence-electron chi connectivity index (χ4n) is 1.34. The van der Waals surface area contributed by atoms with Crippen LogP contribution in [0.15, 0.2) is 35.3 Å². The Morgan fingerprint density at radius 3 is 2.36 bits per heavy atom. The monoisotopic (exact) mass is 189 g/mol. The van der Waals surface area contributed by atoms with Crippen molar-refractivity contribution in [1.82, 2.24) is 0 Å². The molecule has 0 spiro atoms. The molecule has 1 fully saturated rings. The van der Waals surface area contributed by atoms with Gasteiger partial charge in [0.1, 0.15) is 0 Å². The molecular formula is C12H15NO. The van der Waals surface area contributed by atoms with Crippen molar-refractivity contribution in [2.75, 3.05) is 0 Å². The predicted octanol–water partition coefficient (Wildman–Crippen LogP) is 2.95.